The van der Waals surface area contributed by atoms with Gasteiger partial charge in [-0.25, -0.2) is 0 Å². The Morgan fingerprint density at radius 3 is 1.63 bits per heavy atom. The second-order valence-electron chi connectivity index (χ2n) is 14.1. The fourth-order valence-electron chi connectivity index (χ4n) is 8.37. The van der Waals surface area contributed by atoms with Gasteiger partial charge in [-0.15, -0.1) is 0 Å². The molecule has 0 aliphatic carbocycles. The molecule has 1 aromatic heterocycles. The normalized spacial score (nSPS) is 11.7. The molecule has 0 aliphatic rings. The van der Waals surface area contributed by atoms with E-state index in [4.69, 9.17) is 4.42 Å². The molecular weight excluding hydrogens is 655 g/mol. The molecule has 2 nitrogen and oxygen atoms in total. The molecular formula is C52H33NO. The van der Waals surface area contributed by atoms with Crippen molar-refractivity contribution in [2.24, 2.45) is 0 Å². The second-order valence-corrected chi connectivity index (χ2v) is 14.1. The highest BCUT2D eigenvalue weighted by atomic mass is 16.3. The first-order valence-corrected chi connectivity index (χ1v) is 18.5. The average molecular weight is 688 g/mol. The Balaban J connectivity index is 1.08. The van der Waals surface area contributed by atoms with E-state index >= 15 is 0 Å². The summed E-state index contributed by atoms with van der Waals surface area (Å²) in [6.45, 7) is 0. The number of nitrogens with zero attached hydrogens (tertiary/aromatic N) is 1. The maximum absolute atomic E-state index is 6.90. The molecule has 54 heavy (non-hydrogen) atoms. The van der Waals surface area contributed by atoms with Crippen LogP contribution in [0.1, 0.15) is 0 Å². The maximum Gasteiger partial charge on any atom is 0.159 e. The molecule has 0 N–H and O–H groups in total. The highest BCUT2D eigenvalue weighted by Gasteiger charge is 2.21. The summed E-state index contributed by atoms with van der Waals surface area (Å²) in [7, 11) is 0. The van der Waals surface area contributed by atoms with Gasteiger partial charge in [0.1, 0.15) is 5.58 Å². The second kappa shape index (κ2) is 12.2. The third-order valence-corrected chi connectivity index (χ3v) is 11.0. The standard InChI is InChI=1S/C52H33NO/c1-2-12-38-32-39(21-20-34(38)10-1)35-22-27-41(28-23-35)53(50-19-9-18-47-48-31-26-36-11-3-6-15-44(36)51(48)54-52(47)50)42-29-24-37(25-30-42)49-33-40-13-4-5-14-43(40)45-16-7-8-17-46(45)49/h1-33H. The lowest BCUT2D eigenvalue weighted by Gasteiger charge is -2.26. The van der Waals surface area contributed by atoms with Crippen LogP contribution < -0.4 is 4.90 Å². The summed E-state index contributed by atoms with van der Waals surface area (Å²) in [4.78, 5) is 2.33. The zero-order valence-electron chi connectivity index (χ0n) is 29.4. The van der Waals surface area contributed by atoms with Crippen molar-refractivity contribution in [3.05, 3.63) is 200 Å². The summed E-state index contributed by atoms with van der Waals surface area (Å²) >= 11 is 0. The van der Waals surface area contributed by atoms with Crippen molar-refractivity contribution in [3.8, 4) is 22.3 Å². The number of para-hydroxylation sites is 1. The number of hydrogen-bond acceptors (Lipinski definition) is 2. The summed E-state index contributed by atoms with van der Waals surface area (Å²) < 4.78 is 6.90. The largest absolute Gasteiger partial charge is 0.453 e. The lowest BCUT2D eigenvalue weighted by atomic mass is 9.93. The summed E-state index contributed by atoms with van der Waals surface area (Å²) in [6, 6.07) is 72.2. The Kier molecular flexibility index (Phi) is 6.90. The van der Waals surface area contributed by atoms with Crippen LogP contribution in [0.3, 0.4) is 0 Å². The van der Waals surface area contributed by atoms with E-state index in [0.717, 1.165) is 44.4 Å². The Bertz CT molecular complexity index is 3210. The number of hydrogen-bond donors (Lipinski definition) is 0. The molecule has 0 fully saturated rings. The van der Waals surface area contributed by atoms with E-state index in [1.165, 1.54) is 60.0 Å². The Labute approximate surface area is 312 Å². The van der Waals surface area contributed by atoms with E-state index in [1.54, 1.807) is 0 Å². The fourth-order valence-corrected chi connectivity index (χ4v) is 8.37. The highest BCUT2D eigenvalue weighted by molar-refractivity contribution is 6.18. The van der Waals surface area contributed by atoms with Crippen LogP contribution in [0.25, 0.3) is 87.3 Å². The molecule has 10 aromatic carbocycles. The van der Waals surface area contributed by atoms with Crippen LogP contribution in [0.2, 0.25) is 0 Å². The summed E-state index contributed by atoms with van der Waals surface area (Å²) in [5.41, 5.74) is 9.68. The average Bonchev–Trinajstić information content (AvgIpc) is 3.64. The molecule has 252 valence electrons. The van der Waals surface area contributed by atoms with Gasteiger partial charge in [0, 0.05) is 27.5 Å². The van der Waals surface area contributed by atoms with Crippen molar-refractivity contribution in [1.29, 1.82) is 0 Å². The molecule has 0 spiro atoms. The monoisotopic (exact) mass is 687 g/mol. The minimum Gasteiger partial charge on any atom is -0.453 e. The third-order valence-electron chi connectivity index (χ3n) is 11.0. The molecule has 0 saturated carbocycles. The maximum atomic E-state index is 6.90. The first kappa shape index (κ1) is 30.5. The molecule has 0 atom stereocenters. The topological polar surface area (TPSA) is 16.4 Å². The van der Waals surface area contributed by atoms with Crippen LogP contribution in [-0.4, -0.2) is 0 Å². The van der Waals surface area contributed by atoms with Gasteiger partial charge in [0.15, 0.2) is 5.58 Å². The van der Waals surface area contributed by atoms with Crippen molar-refractivity contribution in [2.45, 2.75) is 0 Å². The quantitative estimate of drug-likeness (QED) is 0.168. The highest BCUT2D eigenvalue weighted by Crippen LogP contribution is 2.44. The van der Waals surface area contributed by atoms with E-state index in [9.17, 15) is 0 Å². The Hall–Kier alpha value is -7.16. The Morgan fingerprint density at radius 1 is 0.296 bits per heavy atom. The molecule has 0 saturated heterocycles. The van der Waals surface area contributed by atoms with Gasteiger partial charge in [-0.1, -0.05) is 152 Å². The van der Waals surface area contributed by atoms with E-state index < -0.39 is 0 Å². The van der Waals surface area contributed by atoms with Gasteiger partial charge in [-0.05, 0) is 108 Å². The van der Waals surface area contributed by atoms with Crippen LogP contribution in [0.5, 0.6) is 0 Å². The smallest absolute Gasteiger partial charge is 0.159 e. The van der Waals surface area contributed by atoms with E-state index in [2.05, 4.69) is 205 Å². The Morgan fingerprint density at radius 2 is 0.852 bits per heavy atom. The molecule has 0 unspecified atom stereocenters. The third kappa shape index (κ3) is 4.88. The summed E-state index contributed by atoms with van der Waals surface area (Å²) in [5.74, 6) is 0. The first-order valence-electron chi connectivity index (χ1n) is 18.5. The number of benzene rings is 10. The lowest BCUT2D eigenvalue weighted by Crippen LogP contribution is -2.10. The number of fused-ring (bicyclic) bond motifs is 9. The summed E-state index contributed by atoms with van der Waals surface area (Å²) in [6.07, 6.45) is 0. The van der Waals surface area contributed by atoms with Crippen molar-refractivity contribution >= 4 is 82.1 Å². The zero-order chi connectivity index (χ0) is 35.6. The van der Waals surface area contributed by atoms with E-state index in [-0.39, 0.29) is 0 Å². The van der Waals surface area contributed by atoms with Gasteiger partial charge < -0.3 is 9.32 Å². The number of anilines is 3. The van der Waals surface area contributed by atoms with Gasteiger partial charge in [0.2, 0.25) is 0 Å². The SMILES string of the molecule is c1ccc2cc(-c3ccc(N(c4ccc(-c5cc6ccccc6c6ccccc56)cc4)c4cccc5c4oc4c6ccccc6ccc54)cc3)ccc2c1. The van der Waals surface area contributed by atoms with E-state index in [0.29, 0.717) is 0 Å². The van der Waals surface area contributed by atoms with Gasteiger partial charge >= 0.3 is 0 Å². The fraction of sp³-hybridized carbons (Fsp3) is 0. The molecule has 0 amide bonds. The van der Waals surface area contributed by atoms with E-state index in [1.807, 2.05) is 0 Å². The van der Waals surface area contributed by atoms with Crippen LogP contribution in [-0.2, 0) is 0 Å². The number of rotatable bonds is 5. The molecule has 0 bridgehead atoms. The molecule has 1 heterocycles. The lowest BCUT2D eigenvalue weighted by molar-refractivity contribution is 0.673. The number of furan rings is 1. The zero-order valence-corrected chi connectivity index (χ0v) is 29.4. The van der Waals surface area contributed by atoms with Crippen LogP contribution in [0.15, 0.2) is 205 Å². The van der Waals surface area contributed by atoms with Crippen molar-refractivity contribution in [1.82, 2.24) is 0 Å². The predicted molar refractivity (Wildman–Crippen MR) is 229 cm³/mol. The molecule has 11 aromatic rings. The van der Waals surface area contributed by atoms with Gasteiger partial charge in [0.05, 0.1) is 5.69 Å². The van der Waals surface area contributed by atoms with Gasteiger partial charge in [-0.3, -0.25) is 0 Å². The van der Waals surface area contributed by atoms with Crippen molar-refractivity contribution in [3.63, 3.8) is 0 Å². The van der Waals surface area contributed by atoms with Gasteiger partial charge in [0.25, 0.3) is 0 Å². The molecule has 0 radical (unpaired) electrons. The first-order chi connectivity index (χ1) is 26.8. The predicted octanol–water partition coefficient (Wildman–Crippen LogP) is 15.0. The minimum atomic E-state index is 0.868. The molecule has 2 heteroatoms. The van der Waals surface area contributed by atoms with Gasteiger partial charge in [-0.2, -0.15) is 0 Å². The summed E-state index contributed by atoms with van der Waals surface area (Å²) in [5, 5.41) is 12.0. The van der Waals surface area contributed by atoms with Crippen molar-refractivity contribution < 1.29 is 4.42 Å². The molecule has 0 aliphatic heterocycles. The minimum absolute atomic E-state index is 0.868. The van der Waals surface area contributed by atoms with Crippen LogP contribution >= 0.6 is 0 Å². The van der Waals surface area contributed by atoms with Crippen molar-refractivity contribution in [2.75, 3.05) is 4.90 Å². The van der Waals surface area contributed by atoms with Crippen LogP contribution in [0.4, 0.5) is 17.1 Å². The molecule has 11 rings (SSSR count). The van der Waals surface area contributed by atoms with Crippen LogP contribution in [0, 0.1) is 0 Å².